The van der Waals surface area contributed by atoms with Crippen LogP contribution in [-0.2, 0) is 0 Å². The molecule has 0 bridgehead atoms. The molecule has 0 saturated heterocycles. The fourth-order valence-corrected chi connectivity index (χ4v) is 1.19. The van der Waals surface area contributed by atoms with Crippen LogP contribution >= 0.6 is 0 Å². The van der Waals surface area contributed by atoms with Gasteiger partial charge in [0.15, 0.2) is 5.58 Å². The second-order valence-corrected chi connectivity index (χ2v) is 2.55. The zero-order valence-electron chi connectivity index (χ0n) is 6.82. The van der Waals surface area contributed by atoms with Crippen LogP contribution in [0, 0.1) is 11.3 Å². The molecular weight excluding hydrogens is 164 g/mol. The molecule has 0 radical (unpaired) electrons. The van der Waals surface area contributed by atoms with Gasteiger partial charge in [0, 0.05) is 11.6 Å². The number of fused-ring (bicyclic) bond motifs is 1. The van der Waals surface area contributed by atoms with Gasteiger partial charge in [-0.3, -0.25) is 0 Å². The standard InChI is InChI=1S/C10H6N2O/c1-2-7-5-8(6-11)12-9-3-4-13-10(7)9/h2-5H,1H2. The molecule has 0 aliphatic heterocycles. The van der Waals surface area contributed by atoms with Crippen molar-refractivity contribution in [2.75, 3.05) is 0 Å². The maximum atomic E-state index is 8.68. The summed E-state index contributed by atoms with van der Waals surface area (Å²) in [5, 5.41) is 8.68. The van der Waals surface area contributed by atoms with Crippen LogP contribution in [0.3, 0.4) is 0 Å². The number of furan rings is 1. The molecule has 0 fully saturated rings. The molecular formula is C10H6N2O. The zero-order chi connectivity index (χ0) is 9.26. The highest BCUT2D eigenvalue weighted by Gasteiger charge is 2.05. The van der Waals surface area contributed by atoms with Crippen molar-refractivity contribution in [2.45, 2.75) is 0 Å². The van der Waals surface area contributed by atoms with Gasteiger partial charge in [0.2, 0.25) is 0 Å². The van der Waals surface area contributed by atoms with E-state index in [1.807, 2.05) is 6.07 Å². The molecule has 3 nitrogen and oxygen atoms in total. The molecule has 2 rings (SSSR count). The number of nitriles is 1. The van der Waals surface area contributed by atoms with E-state index in [0.717, 1.165) is 5.56 Å². The van der Waals surface area contributed by atoms with Crippen molar-refractivity contribution in [2.24, 2.45) is 0 Å². The van der Waals surface area contributed by atoms with Crippen LogP contribution in [0.1, 0.15) is 11.3 Å². The molecule has 0 aliphatic rings. The van der Waals surface area contributed by atoms with Gasteiger partial charge in [-0.1, -0.05) is 12.7 Å². The molecule has 0 aliphatic carbocycles. The minimum atomic E-state index is 0.379. The molecule has 0 aromatic carbocycles. The fourth-order valence-electron chi connectivity index (χ4n) is 1.19. The first kappa shape index (κ1) is 7.56. The van der Waals surface area contributed by atoms with Crippen molar-refractivity contribution in [3.05, 3.63) is 36.2 Å². The summed E-state index contributed by atoms with van der Waals surface area (Å²) in [5.74, 6) is 0. The van der Waals surface area contributed by atoms with Crippen LogP contribution < -0.4 is 0 Å². The Morgan fingerprint density at radius 2 is 2.46 bits per heavy atom. The Morgan fingerprint density at radius 1 is 1.62 bits per heavy atom. The monoisotopic (exact) mass is 170 g/mol. The molecule has 3 heteroatoms. The summed E-state index contributed by atoms with van der Waals surface area (Å²) in [5.41, 5.74) is 2.54. The minimum absolute atomic E-state index is 0.379. The normalized spacial score (nSPS) is 9.77. The topological polar surface area (TPSA) is 49.8 Å². The quantitative estimate of drug-likeness (QED) is 0.660. The molecule has 62 valence electrons. The van der Waals surface area contributed by atoms with Gasteiger partial charge >= 0.3 is 0 Å². The number of aromatic nitrogens is 1. The highest BCUT2D eigenvalue weighted by atomic mass is 16.3. The van der Waals surface area contributed by atoms with Gasteiger partial charge in [-0.25, -0.2) is 4.98 Å². The van der Waals surface area contributed by atoms with Crippen LogP contribution in [0.5, 0.6) is 0 Å². The summed E-state index contributed by atoms with van der Waals surface area (Å²) < 4.78 is 5.20. The average Bonchev–Trinajstić information content (AvgIpc) is 2.63. The van der Waals surface area contributed by atoms with E-state index in [0.29, 0.717) is 16.8 Å². The maximum absolute atomic E-state index is 8.68. The molecule has 2 aromatic heterocycles. The minimum Gasteiger partial charge on any atom is -0.462 e. The first-order valence-electron chi connectivity index (χ1n) is 3.76. The lowest BCUT2D eigenvalue weighted by Crippen LogP contribution is -1.84. The maximum Gasteiger partial charge on any atom is 0.159 e. The molecule has 0 unspecified atom stereocenters. The van der Waals surface area contributed by atoms with Gasteiger partial charge in [0.1, 0.15) is 17.3 Å². The van der Waals surface area contributed by atoms with E-state index >= 15 is 0 Å². The van der Waals surface area contributed by atoms with Crippen molar-refractivity contribution in [3.63, 3.8) is 0 Å². The van der Waals surface area contributed by atoms with E-state index in [-0.39, 0.29) is 0 Å². The van der Waals surface area contributed by atoms with Crippen LogP contribution in [0.25, 0.3) is 17.2 Å². The average molecular weight is 170 g/mol. The summed E-state index contributed by atoms with van der Waals surface area (Å²) in [6.45, 7) is 3.64. The van der Waals surface area contributed by atoms with Crippen LogP contribution in [0.15, 0.2) is 29.4 Å². The van der Waals surface area contributed by atoms with Crippen molar-refractivity contribution < 1.29 is 4.42 Å². The number of hydrogen-bond acceptors (Lipinski definition) is 3. The Morgan fingerprint density at radius 3 is 3.15 bits per heavy atom. The largest absolute Gasteiger partial charge is 0.462 e. The highest BCUT2D eigenvalue weighted by Crippen LogP contribution is 2.19. The van der Waals surface area contributed by atoms with Gasteiger partial charge in [0.25, 0.3) is 0 Å². The van der Waals surface area contributed by atoms with Crippen molar-refractivity contribution >= 4 is 17.2 Å². The summed E-state index contributed by atoms with van der Waals surface area (Å²) in [6.07, 6.45) is 3.19. The van der Waals surface area contributed by atoms with E-state index in [1.54, 1.807) is 24.5 Å². The van der Waals surface area contributed by atoms with E-state index < -0.39 is 0 Å². The molecule has 0 saturated carbocycles. The highest BCUT2D eigenvalue weighted by molar-refractivity contribution is 5.82. The third-order valence-corrected chi connectivity index (χ3v) is 1.77. The summed E-state index contributed by atoms with van der Waals surface area (Å²) in [6, 6.07) is 5.36. The van der Waals surface area contributed by atoms with Gasteiger partial charge in [-0.2, -0.15) is 5.26 Å². The smallest absolute Gasteiger partial charge is 0.159 e. The number of nitrogens with zero attached hydrogens (tertiary/aromatic N) is 2. The van der Waals surface area contributed by atoms with Crippen molar-refractivity contribution in [1.82, 2.24) is 4.98 Å². The van der Waals surface area contributed by atoms with Gasteiger partial charge in [-0.15, -0.1) is 0 Å². The Balaban J connectivity index is 2.86. The Labute approximate surface area is 74.9 Å². The van der Waals surface area contributed by atoms with E-state index in [2.05, 4.69) is 11.6 Å². The molecule has 0 spiro atoms. The summed E-state index contributed by atoms with van der Waals surface area (Å²) in [4.78, 5) is 4.06. The Bertz CT molecular complexity index is 505. The predicted octanol–water partition coefficient (Wildman–Crippen LogP) is 2.34. The van der Waals surface area contributed by atoms with Crippen molar-refractivity contribution in [3.8, 4) is 6.07 Å². The SMILES string of the molecule is C=Cc1cc(C#N)nc2ccoc12. The van der Waals surface area contributed by atoms with E-state index in [9.17, 15) is 0 Å². The number of hydrogen-bond donors (Lipinski definition) is 0. The van der Waals surface area contributed by atoms with Gasteiger partial charge < -0.3 is 4.42 Å². The lowest BCUT2D eigenvalue weighted by atomic mass is 10.2. The second-order valence-electron chi connectivity index (χ2n) is 2.55. The van der Waals surface area contributed by atoms with Crippen LogP contribution in [0.2, 0.25) is 0 Å². The lowest BCUT2D eigenvalue weighted by Gasteiger charge is -1.94. The molecule has 0 amide bonds. The molecule has 13 heavy (non-hydrogen) atoms. The van der Waals surface area contributed by atoms with E-state index in [4.69, 9.17) is 9.68 Å². The van der Waals surface area contributed by atoms with Gasteiger partial charge in [0.05, 0.1) is 6.26 Å². The van der Waals surface area contributed by atoms with Crippen molar-refractivity contribution in [1.29, 1.82) is 5.26 Å². The fraction of sp³-hybridized carbons (Fsp3) is 0. The zero-order valence-corrected chi connectivity index (χ0v) is 6.82. The van der Waals surface area contributed by atoms with Crippen LogP contribution in [-0.4, -0.2) is 4.98 Å². The second kappa shape index (κ2) is 2.76. The van der Waals surface area contributed by atoms with Gasteiger partial charge in [-0.05, 0) is 6.07 Å². The molecule has 0 atom stereocenters. The Kier molecular flexibility index (Phi) is 1.60. The van der Waals surface area contributed by atoms with Crippen LogP contribution in [0.4, 0.5) is 0 Å². The predicted molar refractivity (Wildman–Crippen MR) is 48.8 cm³/mol. The third kappa shape index (κ3) is 1.09. The molecule has 0 N–H and O–H groups in total. The first-order valence-corrected chi connectivity index (χ1v) is 3.76. The Hall–Kier alpha value is -2.08. The van der Waals surface area contributed by atoms with E-state index in [1.165, 1.54) is 0 Å². The number of rotatable bonds is 1. The molecule has 2 aromatic rings. The lowest BCUT2D eigenvalue weighted by molar-refractivity contribution is 0.614. The summed E-state index contributed by atoms with van der Waals surface area (Å²) in [7, 11) is 0. The first-order chi connectivity index (χ1) is 6.35. The molecule has 2 heterocycles. The number of pyridine rings is 1. The third-order valence-electron chi connectivity index (χ3n) is 1.77. The summed E-state index contributed by atoms with van der Waals surface area (Å²) >= 11 is 0.